The molecule has 0 spiro atoms. The summed E-state index contributed by atoms with van der Waals surface area (Å²) in [6, 6.07) is 3.07. The molecule has 0 bridgehead atoms. The van der Waals surface area contributed by atoms with Crippen LogP contribution in [0, 0.1) is 11.6 Å². The molecule has 3 rings (SSSR count). The smallest absolute Gasteiger partial charge is 0.220 e. The molecule has 2 heterocycles. The third-order valence-corrected chi connectivity index (χ3v) is 2.06. The van der Waals surface area contributed by atoms with Crippen molar-refractivity contribution in [2.45, 2.75) is 0 Å². The molecule has 0 aliphatic rings. The number of imidazole rings is 1. The van der Waals surface area contributed by atoms with Gasteiger partial charge in [0.15, 0.2) is 0 Å². The van der Waals surface area contributed by atoms with Crippen LogP contribution in [0.25, 0.3) is 17.0 Å². The zero-order valence-corrected chi connectivity index (χ0v) is 7.85. The van der Waals surface area contributed by atoms with Gasteiger partial charge in [-0.25, -0.2) is 13.8 Å². The van der Waals surface area contributed by atoms with Crippen molar-refractivity contribution in [3.63, 3.8) is 0 Å². The van der Waals surface area contributed by atoms with Crippen LogP contribution < -0.4 is 0 Å². The van der Waals surface area contributed by atoms with Crippen molar-refractivity contribution in [3.8, 4) is 5.69 Å². The molecule has 0 saturated heterocycles. The fourth-order valence-corrected chi connectivity index (χ4v) is 1.40. The molecular weight excluding hydrogens is 216 g/mol. The van der Waals surface area contributed by atoms with Gasteiger partial charge in [0.1, 0.15) is 11.6 Å². The Morgan fingerprint density at radius 1 is 1.06 bits per heavy atom. The highest BCUT2D eigenvalue weighted by Gasteiger charge is 2.08. The van der Waals surface area contributed by atoms with E-state index in [4.69, 9.17) is 0 Å². The topological polar surface area (TPSA) is 59.4 Å². The number of benzene rings is 1. The molecule has 1 N–H and O–H groups in total. The van der Waals surface area contributed by atoms with Crippen molar-refractivity contribution in [2.24, 2.45) is 0 Å². The summed E-state index contributed by atoms with van der Waals surface area (Å²) in [5, 5.41) is 7.93. The number of hydrogen-bond donors (Lipinski definition) is 1. The highest BCUT2D eigenvalue weighted by atomic mass is 19.1. The van der Waals surface area contributed by atoms with E-state index in [1.807, 2.05) is 0 Å². The van der Waals surface area contributed by atoms with Crippen LogP contribution in [0.1, 0.15) is 0 Å². The predicted octanol–water partition coefficient (Wildman–Crippen LogP) is 1.42. The van der Waals surface area contributed by atoms with Crippen molar-refractivity contribution in [2.75, 3.05) is 0 Å². The Morgan fingerprint density at radius 2 is 1.81 bits per heavy atom. The zero-order chi connectivity index (χ0) is 11.1. The van der Waals surface area contributed by atoms with Crippen LogP contribution in [-0.4, -0.2) is 25.0 Å². The van der Waals surface area contributed by atoms with Crippen LogP contribution in [0.4, 0.5) is 8.78 Å². The highest BCUT2D eigenvalue weighted by molar-refractivity contribution is 5.63. The number of halogens is 2. The minimum Gasteiger partial charge on any atom is -0.326 e. The molecule has 80 valence electrons. The van der Waals surface area contributed by atoms with E-state index in [-0.39, 0.29) is 5.69 Å². The fourth-order valence-electron chi connectivity index (χ4n) is 1.40. The van der Waals surface area contributed by atoms with Crippen molar-refractivity contribution in [1.29, 1.82) is 0 Å². The number of aromatic amines is 1. The Balaban J connectivity index is 2.18. The SMILES string of the molecule is Fc1cc(F)cc(-n2nc3nc[nH]c3n2)c1. The summed E-state index contributed by atoms with van der Waals surface area (Å²) in [4.78, 5) is 7.74. The van der Waals surface area contributed by atoms with Gasteiger partial charge >= 0.3 is 0 Å². The Hall–Kier alpha value is -2.31. The van der Waals surface area contributed by atoms with E-state index in [2.05, 4.69) is 20.2 Å². The van der Waals surface area contributed by atoms with E-state index in [1.54, 1.807) is 0 Å². The van der Waals surface area contributed by atoms with Gasteiger partial charge in [-0.15, -0.1) is 15.0 Å². The fraction of sp³-hybridized carbons (Fsp3) is 0. The normalized spacial score (nSPS) is 11.1. The molecule has 0 amide bonds. The number of hydrogen-bond acceptors (Lipinski definition) is 3. The molecule has 0 aliphatic heterocycles. The molecule has 0 saturated carbocycles. The number of fused-ring (bicyclic) bond motifs is 1. The van der Waals surface area contributed by atoms with Crippen LogP contribution >= 0.6 is 0 Å². The lowest BCUT2D eigenvalue weighted by Crippen LogP contribution is -2.00. The molecule has 16 heavy (non-hydrogen) atoms. The van der Waals surface area contributed by atoms with Gasteiger partial charge in [-0.1, -0.05) is 0 Å². The molecule has 3 aromatic rings. The van der Waals surface area contributed by atoms with Crippen LogP contribution in [0.5, 0.6) is 0 Å². The van der Waals surface area contributed by atoms with Crippen LogP contribution in [-0.2, 0) is 0 Å². The van der Waals surface area contributed by atoms with Crippen LogP contribution in [0.15, 0.2) is 24.5 Å². The second kappa shape index (κ2) is 3.09. The number of rotatable bonds is 1. The predicted molar refractivity (Wildman–Crippen MR) is 50.9 cm³/mol. The monoisotopic (exact) mass is 221 g/mol. The van der Waals surface area contributed by atoms with Gasteiger partial charge in [0.2, 0.25) is 11.3 Å². The summed E-state index contributed by atoms with van der Waals surface area (Å²) in [7, 11) is 0. The summed E-state index contributed by atoms with van der Waals surface area (Å²) in [6.45, 7) is 0. The molecule has 0 fully saturated rings. The first kappa shape index (κ1) is 8.96. The molecule has 0 atom stereocenters. The van der Waals surface area contributed by atoms with Gasteiger partial charge in [-0.2, -0.15) is 0 Å². The van der Waals surface area contributed by atoms with Crippen LogP contribution in [0.2, 0.25) is 0 Å². The Bertz CT molecular complexity index is 608. The molecule has 0 radical (unpaired) electrons. The second-order valence-electron chi connectivity index (χ2n) is 3.19. The average Bonchev–Trinajstić information content (AvgIpc) is 2.74. The largest absolute Gasteiger partial charge is 0.326 e. The van der Waals surface area contributed by atoms with Gasteiger partial charge in [-0.05, 0) is 0 Å². The molecular formula is C9H5F2N5. The van der Waals surface area contributed by atoms with Crippen molar-refractivity contribution in [3.05, 3.63) is 36.2 Å². The van der Waals surface area contributed by atoms with E-state index >= 15 is 0 Å². The molecule has 5 nitrogen and oxygen atoms in total. The van der Waals surface area contributed by atoms with Gasteiger partial charge in [0.05, 0.1) is 12.0 Å². The Labute approximate surface area is 87.7 Å². The lowest BCUT2D eigenvalue weighted by atomic mass is 10.3. The lowest BCUT2D eigenvalue weighted by molar-refractivity contribution is 0.577. The summed E-state index contributed by atoms with van der Waals surface area (Å²) in [6.07, 6.45) is 1.45. The molecule has 7 heteroatoms. The van der Waals surface area contributed by atoms with Crippen molar-refractivity contribution < 1.29 is 8.78 Å². The minimum atomic E-state index is -0.677. The maximum atomic E-state index is 13.0. The highest BCUT2D eigenvalue weighted by Crippen LogP contribution is 2.12. The lowest BCUT2D eigenvalue weighted by Gasteiger charge is -1.99. The number of nitrogens with one attached hydrogen (secondary N) is 1. The third-order valence-electron chi connectivity index (χ3n) is 2.06. The third kappa shape index (κ3) is 1.33. The van der Waals surface area contributed by atoms with Gasteiger partial charge in [-0.3, -0.25) is 0 Å². The van der Waals surface area contributed by atoms with E-state index < -0.39 is 11.6 Å². The van der Waals surface area contributed by atoms with E-state index in [9.17, 15) is 8.78 Å². The number of H-pyrrole nitrogens is 1. The Kier molecular flexibility index (Phi) is 1.73. The standard InChI is InChI=1S/C9H5F2N5/c10-5-1-6(11)3-7(2-5)16-14-8-9(15-16)13-4-12-8/h1-4H,(H,12,13,14,15). The second-order valence-corrected chi connectivity index (χ2v) is 3.19. The van der Waals surface area contributed by atoms with Gasteiger partial charge in [0.25, 0.3) is 0 Å². The average molecular weight is 221 g/mol. The van der Waals surface area contributed by atoms with Crippen molar-refractivity contribution >= 4 is 11.3 Å². The van der Waals surface area contributed by atoms with E-state index in [0.717, 1.165) is 23.0 Å². The van der Waals surface area contributed by atoms with Crippen LogP contribution in [0.3, 0.4) is 0 Å². The first-order valence-electron chi connectivity index (χ1n) is 4.45. The summed E-state index contributed by atoms with van der Waals surface area (Å²) in [5.74, 6) is -1.35. The van der Waals surface area contributed by atoms with Gasteiger partial charge < -0.3 is 4.98 Å². The first-order chi connectivity index (χ1) is 7.72. The molecule has 0 aliphatic carbocycles. The summed E-state index contributed by atoms with van der Waals surface area (Å²) < 4.78 is 25.9. The zero-order valence-electron chi connectivity index (χ0n) is 7.85. The van der Waals surface area contributed by atoms with Crippen molar-refractivity contribution in [1.82, 2.24) is 25.0 Å². The maximum Gasteiger partial charge on any atom is 0.220 e. The van der Waals surface area contributed by atoms with E-state index in [1.165, 1.54) is 6.33 Å². The quantitative estimate of drug-likeness (QED) is 0.676. The maximum absolute atomic E-state index is 13.0. The van der Waals surface area contributed by atoms with Gasteiger partial charge in [0, 0.05) is 18.2 Å². The summed E-state index contributed by atoms with van der Waals surface area (Å²) in [5.41, 5.74) is 1.07. The minimum absolute atomic E-state index is 0.212. The van der Waals surface area contributed by atoms with E-state index in [0.29, 0.717) is 11.3 Å². The molecule has 2 aromatic heterocycles. The number of aromatic nitrogens is 5. The Morgan fingerprint density at radius 3 is 2.50 bits per heavy atom. The molecule has 1 aromatic carbocycles. The first-order valence-corrected chi connectivity index (χ1v) is 4.45. The number of nitrogens with zero attached hydrogens (tertiary/aromatic N) is 4. The molecule has 0 unspecified atom stereocenters. The summed E-state index contributed by atoms with van der Waals surface area (Å²) >= 11 is 0.